The summed E-state index contributed by atoms with van der Waals surface area (Å²) >= 11 is 0. The number of hydrogen-bond acceptors (Lipinski definition) is 6. The zero-order valence-electron chi connectivity index (χ0n) is 21.1. The fourth-order valence-corrected chi connectivity index (χ4v) is 5.57. The molecule has 2 amide bonds. The van der Waals surface area contributed by atoms with E-state index in [-0.39, 0.29) is 23.4 Å². The molecule has 1 unspecified atom stereocenters. The fourth-order valence-electron chi connectivity index (χ4n) is 5.57. The van der Waals surface area contributed by atoms with E-state index in [1.807, 2.05) is 28.9 Å². The Balaban J connectivity index is 1.40. The van der Waals surface area contributed by atoms with Crippen molar-refractivity contribution in [1.29, 1.82) is 0 Å². The third kappa shape index (κ3) is 4.65. The number of carbonyl (C=O) groups excluding carboxylic acids is 2. The monoisotopic (exact) mass is 494 g/mol. The average Bonchev–Trinajstić information content (AvgIpc) is 3.15. The Morgan fingerprint density at radius 2 is 1.67 bits per heavy atom. The van der Waals surface area contributed by atoms with Crippen molar-refractivity contribution < 1.29 is 19.1 Å². The van der Waals surface area contributed by atoms with Crippen molar-refractivity contribution in [2.75, 3.05) is 53.0 Å². The van der Waals surface area contributed by atoms with Crippen LogP contribution < -0.4 is 10.3 Å². The van der Waals surface area contributed by atoms with Gasteiger partial charge in [-0.1, -0.05) is 24.3 Å². The third-order valence-corrected chi connectivity index (χ3v) is 7.71. The number of ether oxygens (including phenoxy) is 2. The largest absolute Gasteiger partial charge is 0.496 e. The molecule has 3 aliphatic heterocycles. The van der Waals surface area contributed by atoms with Crippen LogP contribution in [-0.4, -0.2) is 90.2 Å². The minimum absolute atomic E-state index is 0.0465. The van der Waals surface area contributed by atoms with Crippen molar-refractivity contribution >= 4 is 11.8 Å². The van der Waals surface area contributed by atoms with Crippen LogP contribution in [0.3, 0.4) is 0 Å². The average molecular weight is 495 g/mol. The standard InChI is InChI=1S/C27H34N4O5/c1-19(28-13-15-36-16-14-28)26(33)29-10-8-22-25(23(35-2)17-24(32)31(22)12-11-29)27(34)30-9-7-20-5-3-4-6-21(20)18-30/h3-6,17,19H,7-16,18H2,1-2H3. The van der Waals surface area contributed by atoms with E-state index in [1.165, 1.54) is 18.7 Å². The van der Waals surface area contributed by atoms with E-state index in [1.54, 1.807) is 4.57 Å². The van der Waals surface area contributed by atoms with Gasteiger partial charge in [-0.15, -0.1) is 0 Å². The molecule has 0 saturated carbocycles. The van der Waals surface area contributed by atoms with E-state index < -0.39 is 0 Å². The molecule has 1 atom stereocenters. The number of methoxy groups -OCH3 is 1. The van der Waals surface area contributed by atoms with Crippen molar-refractivity contribution in [2.45, 2.75) is 38.9 Å². The van der Waals surface area contributed by atoms with Crippen molar-refractivity contribution in [3.63, 3.8) is 0 Å². The van der Waals surface area contributed by atoms with Gasteiger partial charge in [0.25, 0.3) is 11.5 Å². The van der Waals surface area contributed by atoms with Crippen molar-refractivity contribution in [2.24, 2.45) is 0 Å². The number of fused-ring (bicyclic) bond motifs is 2. The molecule has 4 heterocycles. The molecule has 1 aromatic carbocycles. The van der Waals surface area contributed by atoms with Crippen molar-refractivity contribution in [3.05, 3.63) is 63.1 Å². The molecule has 1 saturated heterocycles. The Morgan fingerprint density at radius 1 is 0.944 bits per heavy atom. The summed E-state index contributed by atoms with van der Waals surface area (Å²) in [6.07, 6.45) is 1.21. The second-order valence-corrected chi connectivity index (χ2v) is 9.67. The van der Waals surface area contributed by atoms with Gasteiger partial charge in [-0.3, -0.25) is 19.3 Å². The minimum Gasteiger partial charge on any atom is -0.496 e. The van der Waals surface area contributed by atoms with Crippen LogP contribution in [0.25, 0.3) is 0 Å². The summed E-state index contributed by atoms with van der Waals surface area (Å²) in [6, 6.07) is 9.33. The van der Waals surface area contributed by atoms with Gasteiger partial charge < -0.3 is 23.8 Å². The van der Waals surface area contributed by atoms with Crippen LogP contribution in [-0.2, 0) is 35.5 Å². The SMILES string of the molecule is COc1cc(=O)n2c(c1C(=O)N1CCc3ccccc3C1)CCN(C(=O)C(C)N1CCOCC1)CC2. The maximum atomic E-state index is 13.8. The number of benzene rings is 1. The first kappa shape index (κ1) is 24.5. The summed E-state index contributed by atoms with van der Waals surface area (Å²) in [7, 11) is 1.49. The Labute approximate surface area is 211 Å². The Bertz CT molecular complexity index is 1200. The molecular formula is C27H34N4O5. The summed E-state index contributed by atoms with van der Waals surface area (Å²) in [5.41, 5.74) is 3.28. The van der Waals surface area contributed by atoms with E-state index in [9.17, 15) is 14.4 Å². The first-order valence-corrected chi connectivity index (χ1v) is 12.7. The topological polar surface area (TPSA) is 84.3 Å². The molecule has 1 fully saturated rings. The van der Waals surface area contributed by atoms with Crippen LogP contribution in [0.2, 0.25) is 0 Å². The summed E-state index contributed by atoms with van der Waals surface area (Å²) in [5.74, 6) is 0.216. The predicted octanol–water partition coefficient (Wildman–Crippen LogP) is 1.16. The van der Waals surface area contributed by atoms with Gasteiger partial charge in [0.1, 0.15) is 11.3 Å². The Hall–Kier alpha value is -3.17. The molecule has 2 aromatic rings. The van der Waals surface area contributed by atoms with Gasteiger partial charge in [-0.05, 0) is 24.5 Å². The highest BCUT2D eigenvalue weighted by molar-refractivity contribution is 5.98. The van der Waals surface area contributed by atoms with Crippen LogP contribution in [0.5, 0.6) is 5.75 Å². The maximum Gasteiger partial charge on any atom is 0.259 e. The Kier molecular flexibility index (Phi) is 7.11. The molecular weight excluding hydrogens is 460 g/mol. The van der Waals surface area contributed by atoms with E-state index >= 15 is 0 Å². The maximum absolute atomic E-state index is 13.8. The van der Waals surface area contributed by atoms with Crippen LogP contribution >= 0.6 is 0 Å². The van der Waals surface area contributed by atoms with Gasteiger partial charge in [-0.2, -0.15) is 0 Å². The lowest BCUT2D eigenvalue weighted by Gasteiger charge is -2.34. The van der Waals surface area contributed by atoms with Gasteiger partial charge >= 0.3 is 0 Å². The second kappa shape index (κ2) is 10.4. The second-order valence-electron chi connectivity index (χ2n) is 9.67. The van der Waals surface area contributed by atoms with Gasteiger partial charge in [0.05, 0.1) is 26.4 Å². The molecule has 36 heavy (non-hydrogen) atoms. The number of pyridine rings is 1. The number of carbonyl (C=O) groups is 2. The summed E-state index contributed by atoms with van der Waals surface area (Å²) in [4.78, 5) is 46.0. The van der Waals surface area contributed by atoms with E-state index in [0.717, 1.165) is 25.1 Å². The number of hydrogen-bond donors (Lipinski definition) is 0. The van der Waals surface area contributed by atoms with Crippen LogP contribution in [0, 0.1) is 0 Å². The first-order chi connectivity index (χ1) is 17.5. The Morgan fingerprint density at radius 3 is 2.42 bits per heavy atom. The minimum atomic E-state index is -0.254. The van der Waals surface area contributed by atoms with Gasteiger partial charge in [0, 0.05) is 64.0 Å². The van der Waals surface area contributed by atoms with E-state index in [4.69, 9.17) is 9.47 Å². The van der Waals surface area contributed by atoms with Gasteiger partial charge in [-0.25, -0.2) is 0 Å². The van der Waals surface area contributed by atoms with E-state index in [2.05, 4.69) is 17.0 Å². The highest BCUT2D eigenvalue weighted by Gasteiger charge is 2.32. The third-order valence-electron chi connectivity index (χ3n) is 7.71. The highest BCUT2D eigenvalue weighted by Crippen LogP contribution is 2.27. The summed E-state index contributed by atoms with van der Waals surface area (Å²) in [6.45, 7) is 7.02. The van der Waals surface area contributed by atoms with E-state index in [0.29, 0.717) is 69.4 Å². The fraction of sp³-hybridized carbons (Fsp3) is 0.519. The zero-order chi connectivity index (χ0) is 25.2. The lowest BCUT2D eigenvalue weighted by molar-refractivity contribution is -0.138. The first-order valence-electron chi connectivity index (χ1n) is 12.7. The molecule has 0 bridgehead atoms. The molecule has 0 radical (unpaired) electrons. The van der Waals surface area contributed by atoms with Crippen molar-refractivity contribution in [3.8, 4) is 5.75 Å². The molecule has 0 aliphatic carbocycles. The van der Waals surface area contributed by atoms with Crippen molar-refractivity contribution in [1.82, 2.24) is 19.3 Å². The molecule has 1 aromatic heterocycles. The number of nitrogens with zero attached hydrogens (tertiary/aromatic N) is 4. The number of rotatable bonds is 4. The van der Waals surface area contributed by atoms with Crippen LogP contribution in [0.1, 0.15) is 34.1 Å². The molecule has 3 aliphatic rings. The molecule has 0 N–H and O–H groups in total. The molecule has 0 spiro atoms. The smallest absolute Gasteiger partial charge is 0.259 e. The van der Waals surface area contributed by atoms with Crippen LogP contribution in [0.15, 0.2) is 35.1 Å². The summed E-state index contributed by atoms with van der Waals surface area (Å²) in [5, 5.41) is 0. The van der Waals surface area contributed by atoms with Crippen LogP contribution in [0.4, 0.5) is 0 Å². The lowest BCUT2D eigenvalue weighted by Crippen LogP contribution is -2.51. The molecule has 5 rings (SSSR count). The summed E-state index contributed by atoms with van der Waals surface area (Å²) < 4.78 is 12.6. The highest BCUT2D eigenvalue weighted by atomic mass is 16.5. The normalized spacial score (nSPS) is 19.2. The molecule has 9 nitrogen and oxygen atoms in total. The van der Waals surface area contributed by atoms with Gasteiger partial charge in [0.15, 0.2) is 0 Å². The predicted molar refractivity (Wildman–Crippen MR) is 134 cm³/mol. The zero-order valence-corrected chi connectivity index (χ0v) is 21.1. The molecule has 192 valence electrons. The number of amides is 2. The number of morpholine rings is 1. The van der Waals surface area contributed by atoms with Gasteiger partial charge in [0.2, 0.25) is 5.91 Å². The number of aromatic nitrogens is 1. The quantitative estimate of drug-likeness (QED) is 0.635. The lowest BCUT2D eigenvalue weighted by atomic mass is 9.98. The molecule has 9 heteroatoms.